The highest BCUT2D eigenvalue weighted by Gasteiger charge is 2.18. The fraction of sp³-hybridized carbons (Fsp3) is 0.500. The molecule has 1 heterocycles. The summed E-state index contributed by atoms with van der Waals surface area (Å²) in [5, 5.41) is 8.70. The molecule has 0 saturated carbocycles. The van der Waals surface area contributed by atoms with E-state index in [1.807, 2.05) is 18.7 Å². The van der Waals surface area contributed by atoms with Crippen LogP contribution < -0.4 is 0 Å². The molecule has 1 rings (SSSR count). The quantitative estimate of drug-likeness (QED) is 0.836. The second-order valence-electron chi connectivity index (χ2n) is 4.83. The van der Waals surface area contributed by atoms with Crippen LogP contribution in [-0.2, 0) is 0 Å². The van der Waals surface area contributed by atoms with Crippen LogP contribution in [0.3, 0.4) is 0 Å². The monoisotopic (exact) mass is 274 g/mol. The Morgan fingerprint density at radius 1 is 1.45 bits per heavy atom. The van der Waals surface area contributed by atoms with Crippen LogP contribution >= 0.6 is 0 Å². The predicted molar refractivity (Wildman–Crippen MR) is 79.3 cm³/mol. The Labute approximate surface area is 120 Å². The van der Waals surface area contributed by atoms with Crippen molar-refractivity contribution >= 4 is 5.91 Å². The molecule has 20 heavy (non-hydrogen) atoms. The lowest BCUT2D eigenvalue weighted by Crippen LogP contribution is -2.37. The number of hydrogen-bond acceptors (Lipinski definition) is 3. The van der Waals surface area contributed by atoms with Gasteiger partial charge < -0.3 is 10.0 Å². The lowest BCUT2D eigenvalue weighted by molar-refractivity contribution is 0.0705. The molecular formula is C16H22N2O2. The maximum Gasteiger partial charge on any atom is 0.255 e. The maximum absolute atomic E-state index is 12.5. The van der Waals surface area contributed by atoms with E-state index in [4.69, 9.17) is 5.11 Å². The minimum atomic E-state index is -0.0137. The van der Waals surface area contributed by atoms with Crippen molar-refractivity contribution in [3.8, 4) is 11.8 Å². The van der Waals surface area contributed by atoms with Gasteiger partial charge in [-0.1, -0.05) is 18.8 Å². The van der Waals surface area contributed by atoms with E-state index in [0.717, 1.165) is 13.0 Å². The zero-order valence-corrected chi connectivity index (χ0v) is 12.4. The molecule has 0 saturated heterocycles. The number of nitrogens with zero attached hydrogens (tertiary/aromatic N) is 2. The van der Waals surface area contributed by atoms with Gasteiger partial charge in [-0.05, 0) is 26.3 Å². The molecule has 1 N–H and O–H groups in total. The van der Waals surface area contributed by atoms with E-state index in [1.54, 1.807) is 18.5 Å². The summed E-state index contributed by atoms with van der Waals surface area (Å²) in [6, 6.07) is 1.91. The van der Waals surface area contributed by atoms with E-state index in [0.29, 0.717) is 17.5 Å². The first kappa shape index (κ1) is 16.2. The van der Waals surface area contributed by atoms with Crippen LogP contribution in [0, 0.1) is 11.8 Å². The summed E-state index contributed by atoms with van der Waals surface area (Å²) in [7, 11) is 0. The Balaban J connectivity index is 2.93. The van der Waals surface area contributed by atoms with Gasteiger partial charge in [0.2, 0.25) is 0 Å². The van der Waals surface area contributed by atoms with Crippen LogP contribution in [0.2, 0.25) is 0 Å². The molecule has 4 nitrogen and oxygen atoms in total. The molecule has 1 aromatic rings. The first-order chi connectivity index (χ1) is 9.60. The van der Waals surface area contributed by atoms with Crippen LogP contribution in [-0.4, -0.2) is 40.1 Å². The number of aliphatic hydroxyl groups excluding tert-OH is 1. The Kier molecular flexibility index (Phi) is 6.75. The number of carbonyl (C=O) groups excluding carboxylic acids is 1. The third-order valence-electron chi connectivity index (χ3n) is 2.80. The molecule has 0 aliphatic carbocycles. The van der Waals surface area contributed by atoms with Gasteiger partial charge in [0.25, 0.3) is 5.91 Å². The van der Waals surface area contributed by atoms with Crippen molar-refractivity contribution in [1.82, 2.24) is 9.88 Å². The van der Waals surface area contributed by atoms with Gasteiger partial charge in [0.05, 0.1) is 12.2 Å². The lowest BCUT2D eigenvalue weighted by atomic mass is 10.1. The van der Waals surface area contributed by atoms with Crippen molar-refractivity contribution in [2.24, 2.45) is 0 Å². The molecule has 0 bridgehead atoms. The van der Waals surface area contributed by atoms with Gasteiger partial charge in [-0.2, -0.15) is 0 Å². The largest absolute Gasteiger partial charge is 0.395 e. The molecule has 0 aliphatic heterocycles. The molecule has 4 heteroatoms. The van der Waals surface area contributed by atoms with Gasteiger partial charge in [0.15, 0.2) is 0 Å². The fourth-order valence-corrected chi connectivity index (χ4v) is 1.85. The molecule has 108 valence electrons. The van der Waals surface area contributed by atoms with Gasteiger partial charge in [-0.25, -0.2) is 0 Å². The number of amides is 1. The average molecular weight is 274 g/mol. The topological polar surface area (TPSA) is 53.4 Å². The van der Waals surface area contributed by atoms with Crippen LogP contribution in [0.25, 0.3) is 0 Å². The average Bonchev–Trinajstić information content (AvgIpc) is 2.44. The zero-order valence-electron chi connectivity index (χ0n) is 12.4. The zero-order chi connectivity index (χ0) is 15.0. The fourth-order valence-electron chi connectivity index (χ4n) is 1.85. The summed E-state index contributed by atoms with van der Waals surface area (Å²) >= 11 is 0. The summed E-state index contributed by atoms with van der Waals surface area (Å²) in [5.41, 5.74) is 1.26. The first-order valence-corrected chi connectivity index (χ1v) is 6.95. The van der Waals surface area contributed by atoms with Crippen LogP contribution in [0.15, 0.2) is 18.5 Å². The van der Waals surface area contributed by atoms with Crippen LogP contribution in [0.4, 0.5) is 0 Å². The highest BCUT2D eigenvalue weighted by Crippen LogP contribution is 2.10. The van der Waals surface area contributed by atoms with Crippen LogP contribution in [0.1, 0.15) is 49.5 Å². The minimum absolute atomic E-state index is 0.0137. The number of carbonyl (C=O) groups is 1. The SMILES string of the molecule is CCCN(C(=O)c1cncc(C#CCCO)c1)C(C)C. The van der Waals surface area contributed by atoms with E-state index in [-0.39, 0.29) is 18.6 Å². The summed E-state index contributed by atoms with van der Waals surface area (Å²) in [6.45, 7) is 6.84. The molecule has 0 radical (unpaired) electrons. The lowest BCUT2D eigenvalue weighted by Gasteiger charge is -2.26. The molecular weight excluding hydrogens is 252 g/mol. The molecule has 0 fully saturated rings. The molecule has 0 aromatic carbocycles. The second kappa shape index (κ2) is 8.34. The summed E-state index contributed by atoms with van der Waals surface area (Å²) in [5.74, 6) is 5.71. The predicted octanol–water partition coefficient (Wildman–Crippen LogP) is 2.08. The summed E-state index contributed by atoms with van der Waals surface area (Å²) < 4.78 is 0. The van der Waals surface area contributed by atoms with Gasteiger partial charge >= 0.3 is 0 Å². The molecule has 0 unspecified atom stereocenters. The second-order valence-corrected chi connectivity index (χ2v) is 4.83. The van der Waals surface area contributed by atoms with Crippen molar-refractivity contribution in [1.29, 1.82) is 0 Å². The first-order valence-electron chi connectivity index (χ1n) is 6.95. The number of rotatable bonds is 5. The number of pyridine rings is 1. The van der Waals surface area contributed by atoms with E-state index in [9.17, 15) is 4.79 Å². The normalized spacial score (nSPS) is 10.1. The Hall–Kier alpha value is -1.86. The highest BCUT2D eigenvalue weighted by atomic mass is 16.2. The van der Waals surface area contributed by atoms with E-state index >= 15 is 0 Å². The Morgan fingerprint density at radius 3 is 2.80 bits per heavy atom. The number of aliphatic hydroxyl groups is 1. The van der Waals surface area contributed by atoms with E-state index < -0.39 is 0 Å². The van der Waals surface area contributed by atoms with E-state index in [1.165, 1.54) is 0 Å². The number of aromatic nitrogens is 1. The molecule has 0 atom stereocenters. The van der Waals surface area contributed by atoms with Crippen molar-refractivity contribution < 1.29 is 9.90 Å². The standard InChI is InChI=1S/C16H22N2O2/c1-4-8-18(13(2)3)16(20)15-10-14(11-17-12-15)7-5-6-9-19/h10-13,19H,4,6,8-9H2,1-3H3. The van der Waals surface area contributed by atoms with E-state index in [2.05, 4.69) is 23.7 Å². The van der Waals surface area contributed by atoms with Gasteiger partial charge in [0, 0.05) is 37.0 Å². The Morgan fingerprint density at radius 2 is 2.20 bits per heavy atom. The van der Waals surface area contributed by atoms with Crippen molar-refractivity contribution in [2.75, 3.05) is 13.2 Å². The van der Waals surface area contributed by atoms with Gasteiger partial charge in [0.1, 0.15) is 0 Å². The molecule has 1 amide bonds. The molecule has 0 aliphatic rings. The van der Waals surface area contributed by atoms with Crippen molar-refractivity contribution in [2.45, 2.75) is 39.7 Å². The van der Waals surface area contributed by atoms with Gasteiger partial charge in [-0.3, -0.25) is 9.78 Å². The molecule has 1 aromatic heterocycles. The maximum atomic E-state index is 12.5. The smallest absolute Gasteiger partial charge is 0.255 e. The van der Waals surface area contributed by atoms with Crippen LogP contribution in [0.5, 0.6) is 0 Å². The van der Waals surface area contributed by atoms with Crippen molar-refractivity contribution in [3.63, 3.8) is 0 Å². The molecule has 0 spiro atoms. The highest BCUT2D eigenvalue weighted by molar-refractivity contribution is 5.94. The summed E-state index contributed by atoms with van der Waals surface area (Å²) in [6.07, 6.45) is 4.55. The third-order valence-corrected chi connectivity index (χ3v) is 2.80. The third kappa shape index (κ3) is 4.67. The minimum Gasteiger partial charge on any atom is -0.395 e. The summed E-state index contributed by atoms with van der Waals surface area (Å²) in [4.78, 5) is 18.4. The number of hydrogen-bond donors (Lipinski definition) is 1. The van der Waals surface area contributed by atoms with Crippen molar-refractivity contribution in [3.05, 3.63) is 29.6 Å². The van der Waals surface area contributed by atoms with Gasteiger partial charge in [-0.15, -0.1) is 0 Å². The Bertz CT molecular complexity index is 501.